The highest BCUT2D eigenvalue weighted by Gasteiger charge is 2.39. The Kier molecular flexibility index (Phi) is 4.29. The van der Waals surface area contributed by atoms with E-state index in [1.54, 1.807) is 15.6 Å². The summed E-state index contributed by atoms with van der Waals surface area (Å²) in [4.78, 5) is 1.50. The third-order valence-electron chi connectivity index (χ3n) is 4.98. The lowest BCUT2D eigenvalue weighted by Crippen LogP contribution is -2.42. The molecular weight excluding hydrogens is 364 g/mol. The third-order valence-corrected chi connectivity index (χ3v) is 8.07. The molecule has 1 aliphatic heterocycles. The summed E-state index contributed by atoms with van der Waals surface area (Å²) in [6.45, 7) is 6.92. The molecule has 136 valence electrons. The molecule has 1 unspecified atom stereocenters. The summed E-state index contributed by atoms with van der Waals surface area (Å²) in [5.41, 5.74) is 3.74. The fourth-order valence-corrected chi connectivity index (χ4v) is 6.95. The maximum atomic E-state index is 13.7. The van der Waals surface area contributed by atoms with E-state index in [2.05, 4.69) is 4.57 Å². The highest BCUT2D eigenvalue weighted by Crippen LogP contribution is 2.39. The van der Waals surface area contributed by atoms with Crippen molar-refractivity contribution in [2.24, 2.45) is 0 Å². The van der Waals surface area contributed by atoms with Gasteiger partial charge in [-0.25, -0.2) is 8.42 Å². The Bertz CT molecular complexity index is 1030. The maximum Gasteiger partial charge on any atom is 0.244 e. The summed E-state index contributed by atoms with van der Waals surface area (Å²) >= 11 is 1.60. The molecule has 0 saturated carbocycles. The van der Waals surface area contributed by atoms with Gasteiger partial charge in [-0.1, -0.05) is 23.8 Å². The molecule has 6 heteroatoms. The molecule has 4 nitrogen and oxygen atoms in total. The summed E-state index contributed by atoms with van der Waals surface area (Å²) in [6, 6.07) is 11.7. The van der Waals surface area contributed by atoms with E-state index >= 15 is 0 Å². The van der Waals surface area contributed by atoms with Crippen LogP contribution in [0.3, 0.4) is 0 Å². The molecule has 3 aromatic rings. The Hall–Kier alpha value is -1.89. The van der Waals surface area contributed by atoms with Crippen molar-refractivity contribution < 1.29 is 8.42 Å². The molecule has 0 aliphatic carbocycles. The molecule has 0 radical (unpaired) electrons. The minimum absolute atomic E-state index is 0.274. The maximum absolute atomic E-state index is 13.7. The van der Waals surface area contributed by atoms with Crippen LogP contribution >= 0.6 is 11.3 Å². The minimum Gasteiger partial charge on any atom is -0.348 e. The molecule has 1 aromatic carbocycles. The molecule has 0 spiro atoms. The van der Waals surface area contributed by atoms with Gasteiger partial charge in [0, 0.05) is 29.9 Å². The number of fused-ring (bicyclic) bond motifs is 1. The van der Waals surface area contributed by atoms with Crippen molar-refractivity contribution in [3.05, 3.63) is 75.2 Å². The van der Waals surface area contributed by atoms with Gasteiger partial charge in [0.2, 0.25) is 10.0 Å². The van der Waals surface area contributed by atoms with Gasteiger partial charge in [-0.05, 0) is 55.5 Å². The zero-order chi connectivity index (χ0) is 18.5. The zero-order valence-corrected chi connectivity index (χ0v) is 16.8. The minimum atomic E-state index is -3.61. The first-order chi connectivity index (χ1) is 12.4. The molecule has 1 aliphatic rings. The molecule has 0 bridgehead atoms. The van der Waals surface area contributed by atoms with Crippen molar-refractivity contribution >= 4 is 21.4 Å². The number of benzene rings is 1. The van der Waals surface area contributed by atoms with E-state index in [4.69, 9.17) is 0 Å². The summed E-state index contributed by atoms with van der Waals surface area (Å²) in [5, 5.41) is 2.00. The van der Waals surface area contributed by atoms with Gasteiger partial charge >= 0.3 is 0 Å². The van der Waals surface area contributed by atoms with Gasteiger partial charge < -0.3 is 4.57 Å². The molecule has 3 heterocycles. The second-order valence-corrected chi connectivity index (χ2v) is 9.69. The predicted molar refractivity (Wildman–Crippen MR) is 105 cm³/mol. The van der Waals surface area contributed by atoms with Crippen LogP contribution in [0.5, 0.6) is 0 Å². The van der Waals surface area contributed by atoms with E-state index in [1.807, 2.05) is 68.7 Å². The van der Waals surface area contributed by atoms with Crippen LogP contribution < -0.4 is 0 Å². The monoisotopic (exact) mass is 386 g/mol. The Balaban J connectivity index is 1.89. The van der Waals surface area contributed by atoms with E-state index in [1.165, 1.54) is 0 Å². The summed E-state index contributed by atoms with van der Waals surface area (Å²) in [7, 11) is -3.61. The number of nitrogens with zero attached hydrogens (tertiary/aromatic N) is 2. The Morgan fingerprint density at radius 3 is 2.42 bits per heavy atom. The van der Waals surface area contributed by atoms with Crippen LogP contribution in [0.1, 0.15) is 33.3 Å². The standard InChI is InChI=1S/C20H22N2O2S2/c1-14-12-15(2)20(16(3)13-14)26(23,24)22-10-9-21-8-4-6-17(21)19(22)18-7-5-11-25-18/h4-8,11-13,19H,9-10H2,1-3H3. The topological polar surface area (TPSA) is 42.3 Å². The van der Waals surface area contributed by atoms with Crippen molar-refractivity contribution in [1.82, 2.24) is 8.87 Å². The van der Waals surface area contributed by atoms with E-state index in [-0.39, 0.29) is 6.04 Å². The first kappa shape index (κ1) is 17.5. The van der Waals surface area contributed by atoms with Gasteiger partial charge in [0.25, 0.3) is 0 Å². The average Bonchev–Trinajstić information content (AvgIpc) is 3.24. The van der Waals surface area contributed by atoms with Crippen LogP contribution in [0, 0.1) is 20.8 Å². The Labute approximate surface area is 158 Å². The molecule has 4 rings (SSSR count). The number of rotatable bonds is 3. The number of hydrogen-bond donors (Lipinski definition) is 0. The molecule has 1 atom stereocenters. The molecule has 0 N–H and O–H groups in total. The summed E-state index contributed by atoms with van der Waals surface area (Å²) in [5.74, 6) is 0. The highest BCUT2D eigenvalue weighted by molar-refractivity contribution is 7.89. The second-order valence-electron chi connectivity index (χ2n) is 6.89. The van der Waals surface area contributed by atoms with Crippen LogP contribution in [-0.4, -0.2) is 23.8 Å². The smallest absolute Gasteiger partial charge is 0.244 e. The second kappa shape index (κ2) is 6.37. The largest absolute Gasteiger partial charge is 0.348 e. The highest BCUT2D eigenvalue weighted by atomic mass is 32.2. The number of aromatic nitrogens is 1. The molecular formula is C20H22N2O2S2. The fraction of sp³-hybridized carbons (Fsp3) is 0.300. The van der Waals surface area contributed by atoms with Gasteiger partial charge in [-0.15, -0.1) is 11.3 Å². The SMILES string of the molecule is Cc1cc(C)c(S(=O)(=O)N2CCn3cccc3C2c2cccs2)c(C)c1. The number of hydrogen-bond acceptors (Lipinski definition) is 3. The van der Waals surface area contributed by atoms with Gasteiger partial charge in [-0.2, -0.15) is 4.31 Å². The van der Waals surface area contributed by atoms with Gasteiger partial charge in [-0.3, -0.25) is 0 Å². The van der Waals surface area contributed by atoms with E-state index < -0.39 is 10.0 Å². The van der Waals surface area contributed by atoms with Crippen LogP contribution in [0.4, 0.5) is 0 Å². The first-order valence-electron chi connectivity index (χ1n) is 8.68. The Morgan fingerprint density at radius 2 is 1.77 bits per heavy atom. The van der Waals surface area contributed by atoms with E-state index in [0.717, 1.165) is 27.3 Å². The van der Waals surface area contributed by atoms with Crippen molar-refractivity contribution in [3.8, 4) is 0 Å². The average molecular weight is 387 g/mol. The molecule has 0 fully saturated rings. The lowest BCUT2D eigenvalue weighted by molar-refractivity contribution is 0.301. The van der Waals surface area contributed by atoms with Gasteiger partial charge in [0.15, 0.2) is 0 Å². The van der Waals surface area contributed by atoms with Crippen molar-refractivity contribution in [2.45, 2.75) is 38.3 Å². The summed E-state index contributed by atoms with van der Waals surface area (Å²) < 4.78 is 31.2. The zero-order valence-electron chi connectivity index (χ0n) is 15.1. The Morgan fingerprint density at radius 1 is 1.04 bits per heavy atom. The van der Waals surface area contributed by atoms with Crippen LogP contribution in [-0.2, 0) is 16.6 Å². The van der Waals surface area contributed by atoms with Crippen LogP contribution in [0.25, 0.3) is 0 Å². The van der Waals surface area contributed by atoms with Crippen molar-refractivity contribution in [3.63, 3.8) is 0 Å². The van der Waals surface area contributed by atoms with Crippen molar-refractivity contribution in [1.29, 1.82) is 0 Å². The quantitative estimate of drug-likeness (QED) is 0.675. The molecule has 2 aromatic heterocycles. The van der Waals surface area contributed by atoms with E-state index in [9.17, 15) is 8.42 Å². The van der Waals surface area contributed by atoms with E-state index in [0.29, 0.717) is 18.0 Å². The lowest BCUT2D eigenvalue weighted by atomic mass is 10.1. The van der Waals surface area contributed by atoms with Crippen LogP contribution in [0.2, 0.25) is 0 Å². The van der Waals surface area contributed by atoms with Gasteiger partial charge in [0.1, 0.15) is 0 Å². The third kappa shape index (κ3) is 2.73. The predicted octanol–water partition coefficient (Wildman–Crippen LogP) is 4.27. The lowest BCUT2D eigenvalue weighted by Gasteiger charge is -2.36. The van der Waals surface area contributed by atoms with Crippen LogP contribution in [0.15, 0.2) is 52.9 Å². The number of sulfonamides is 1. The van der Waals surface area contributed by atoms with Crippen molar-refractivity contribution in [2.75, 3.05) is 6.54 Å². The number of aryl methyl sites for hydroxylation is 3. The first-order valence-corrected chi connectivity index (χ1v) is 11.0. The number of thiophene rings is 1. The van der Waals surface area contributed by atoms with Gasteiger partial charge in [0.05, 0.1) is 10.9 Å². The fourth-order valence-electron chi connectivity index (χ4n) is 4.05. The summed E-state index contributed by atoms with van der Waals surface area (Å²) in [6.07, 6.45) is 2.03. The molecule has 0 saturated heterocycles. The molecule has 0 amide bonds. The normalized spacial score (nSPS) is 18.0. The molecule has 26 heavy (non-hydrogen) atoms.